The lowest BCUT2D eigenvalue weighted by molar-refractivity contribution is 0.0998. The molecule has 1 rings (SSSR count). The standard InChI is InChI=1S/C12H13NO2/c1-3-6-9(2)15-11-8-5-4-7-10(11)12(13)14/h3-8H,2H2,1H3,(H2,13,14)/b6-3-. The van der Waals surface area contributed by atoms with Crippen LogP contribution in [0.25, 0.3) is 0 Å². The molecule has 3 nitrogen and oxygen atoms in total. The van der Waals surface area contributed by atoms with Crippen molar-refractivity contribution in [1.82, 2.24) is 0 Å². The van der Waals surface area contributed by atoms with E-state index in [2.05, 4.69) is 6.58 Å². The minimum absolute atomic E-state index is 0.350. The van der Waals surface area contributed by atoms with E-state index in [0.29, 0.717) is 17.1 Å². The lowest BCUT2D eigenvalue weighted by atomic mass is 10.2. The first-order valence-electron chi connectivity index (χ1n) is 4.53. The Morgan fingerprint density at radius 1 is 1.47 bits per heavy atom. The maximum Gasteiger partial charge on any atom is 0.252 e. The predicted octanol–water partition coefficient (Wildman–Crippen LogP) is 2.25. The number of ether oxygens (including phenoxy) is 1. The number of para-hydroxylation sites is 1. The lowest BCUT2D eigenvalue weighted by Gasteiger charge is -2.08. The molecule has 0 aliphatic heterocycles. The van der Waals surface area contributed by atoms with E-state index in [-0.39, 0.29) is 0 Å². The van der Waals surface area contributed by atoms with Gasteiger partial charge in [-0.05, 0) is 25.1 Å². The molecule has 0 heterocycles. The number of carbonyl (C=O) groups excluding carboxylic acids is 1. The molecule has 78 valence electrons. The first-order chi connectivity index (χ1) is 7.15. The Morgan fingerprint density at radius 3 is 2.73 bits per heavy atom. The van der Waals surface area contributed by atoms with Gasteiger partial charge >= 0.3 is 0 Å². The Hall–Kier alpha value is -2.03. The van der Waals surface area contributed by atoms with E-state index >= 15 is 0 Å². The van der Waals surface area contributed by atoms with Crippen LogP contribution in [0, 0.1) is 0 Å². The van der Waals surface area contributed by atoms with Crippen molar-refractivity contribution in [2.75, 3.05) is 0 Å². The second kappa shape index (κ2) is 5.00. The third-order valence-corrected chi connectivity index (χ3v) is 1.75. The van der Waals surface area contributed by atoms with Gasteiger partial charge in [-0.15, -0.1) is 0 Å². The Labute approximate surface area is 88.9 Å². The van der Waals surface area contributed by atoms with E-state index in [4.69, 9.17) is 10.5 Å². The summed E-state index contributed by atoms with van der Waals surface area (Å²) in [4.78, 5) is 11.1. The third-order valence-electron chi connectivity index (χ3n) is 1.75. The molecule has 0 saturated carbocycles. The molecule has 1 amide bonds. The van der Waals surface area contributed by atoms with Crippen molar-refractivity contribution >= 4 is 5.91 Å². The lowest BCUT2D eigenvalue weighted by Crippen LogP contribution is -2.12. The monoisotopic (exact) mass is 203 g/mol. The van der Waals surface area contributed by atoms with Crippen LogP contribution in [0.5, 0.6) is 5.75 Å². The summed E-state index contributed by atoms with van der Waals surface area (Å²) in [5.41, 5.74) is 5.55. The molecule has 0 bridgehead atoms. The Kier molecular flexibility index (Phi) is 3.68. The topological polar surface area (TPSA) is 52.3 Å². The molecule has 0 saturated heterocycles. The average molecular weight is 203 g/mol. The molecular weight excluding hydrogens is 190 g/mol. The highest BCUT2D eigenvalue weighted by Crippen LogP contribution is 2.19. The number of rotatable bonds is 4. The van der Waals surface area contributed by atoms with Crippen molar-refractivity contribution in [3.63, 3.8) is 0 Å². The zero-order chi connectivity index (χ0) is 11.3. The van der Waals surface area contributed by atoms with Gasteiger partial charge in [0, 0.05) is 0 Å². The first-order valence-corrected chi connectivity index (χ1v) is 4.53. The van der Waals surface area contributed by atoms with Gasteiger partial charge < -0.3 is 10.5 Å². The SMILES string of the molecule is C=C(/C=C\C)Oc1ccccc1C(N)=O. The quantitative estimate of drug-likeness (QED) is 0.602. The molecule has 1 aromatic rings. The number of benzene rings is 1. The molecule has 0 fully saturated rings. The molecule has 2 N–H and O–H groups in total. The summed E-state index contributed by atoms with van der Waals surface area (Å²) in [5.74, 6) is 0.373. The van der Waals surface area contributed by atoms with Gasteiger partial charge in [0.05, 0.1) is 5.56 Å². The van der Waals surface area contributed by atoms with Gasteiger partial charge in [0.15, 0.2) is 0 Å². The summed E-state index contributed by atoms with van der Waals surface area (Å²) in [6.45, 7) is 5.53. The van der Waals surface area contributed by atoms with Crippen LogP contribution in [0.3, 0.4) is 0 Å². The third kappa shape index (κ3) is 2.98. The number of carbonyl (C=O) groups is 1. The molecule has 0 atom stereocenters. The highest BCUT2D eigenvalue weighted by molar-refractivity contribution is 5.95. The molecule has 0 spiro atoms. The van der Waals surface area contributed by atoms with Gasteiger partial charge in [0.1, 0.15) is 11.5 Å². The fourth-order valence-corrected chi connectivity index (χ4v) is 1.12. The zero-order valence-corrected chi connectivity index (χ0v) is 8.57. The maximum absolute atomic E-state index is 11.1. The smallest absolute Gasteiger partial charge is 0.252 e. The Balaban J connectivity index is 2.94. The highest BCUT2D eigenvalue weighted by Gasteiger charge is 2.08. The molecule has 0 aliphatic carbocycles. The molecule has 0 aliphatic rings. The van der Waals surface area contributed by atoms with Crippen molar-refractivity contribution in [3.05, 3.63) is 54.3 Å². The van der Waals surface area contributed by atoms with Crippen molar-refractivity contribution < 1.29 is 9.53 Å². The number of amides is 1. The van der Waals surface area contributed by atoms with E-state index in [1.165, 1.54) is 0 Å². The average Bonchev–Trinajstić information content (AvgIpc) is 2.18. The van der Waals surface area contributed by atoms with Crippen molar-refractivity contribution in [3.8, 4) is 5.75 Å². The largest absolute Gasteiger partial charge is 0.457 e. The maximum atomic E-state index is 11.1. The zero-order valence-electron chi connectivity index (χ0n) is 8.57. The fourth-order valence-electron chi connectivity index (χ4n) is 1.12. The van der Waals surface area contributed by atoms with Crippen LogP contribution in [-0.2, 0) is 0 Å². The second-order valence-electron chi connectivity index (χ2n) is 2.93. The summed E-state index contributed by atoms with van der Waals surface area (Å²) in [5, 5.41) is 0. The molecule has 0 radical (unpaired) electrons. The summed E-state index contributed by atoms with van der Waals surface area (Å²) in [6.07, 6.45) is 3.51. The van der Waals surface area contributed by atoms with Gasteiger partial charge in [0.2, 0.25) is 0 Å². The van der Waals surface area contributed by atoms with E-state index in [1.54, 1.807) is 36.4 Å². The second-order valence-corrected chi connectivity index (χ2v) is 2.93. The van der Waals surface area contributed by atoms with Crippen LogP contribution in [0.15, 0.2) is 48.8 Å². The van der Waals surface area contributed by atoms with Crippen molar-refractivity contribution in [2.45, 2.75) is 6.92 Å². The summed E-state index contributed by atoms with van der Waals surface area (Å²) >= 11 is 0. The van der Waals surface area contributed by atoms with Gasteiger partial charge in [0.25, 0.3) is 5.91 Å². The normalized spacial score (nSPS) is 10.2. The van der Waals surface area contributed by atoms with Crippen LogP contribution in [0.1, 0.15) is 17.3 Å². The number of hydrogen-bond donors (Lipinski definition) is 1. The van der Waals surface area contributed by atoms with Crippen molar-refractivity contribution in [1.29, 1.82) is 0 Å². The molecular formula is C12H13NO2. The molecule has 0 aromatic heterocycles. The molecule has 15 heavy (non-hydrogen) atoms. The first kappa shape index (κ1) is 11.0. The number of nitrogens with two attached hydrogens (primary N) is 1. The van der Waals surface area contributed by atoms with Gasteiger partial charge in [-0.25, -0.2) is 0 Å². The van der Waals surface area contributed by atoms with E-state index in [1.807, 2.05) is 6.92 Å². The summed E-state index contributed by atoms with van der Waals surface area (Å²) in [7, 11) is 0. The summed E-state index contributed by atoms with van der Waals surface area (Å²) < 4.78 is 5.37. The van der Waals surface area contributed by atoms with Crippen molar-refractivity contribution in [2.24, 2.45) is 5.73 Å². The minimum atomic E-state index is -0.515. The van der Waals surface area contributed by atoms with E-state index in [9.17, 15) is 4.79 Å². The Morgan fingerprint density at radius 2 is 2.13 bits per heavy atom. The fraction of sp³-hybridized carbons (Fsp3) is 0.0833. The molecule has 3 heteroatoms. The van der Waals surface area contributed by atoms with Gasteiger partial charge in [-0.2, -0.15) is 0 Å². The van der Waals surface area contributed by atoms with Crippen LogP contribution < -0.4 is 10.5 Å². The Bertz CT molecular complexity index is 408. The number of hydrogen-bond acceptors (Lipinski definition) is 2. The van der Waals surface area contributed by atoms with Crippen LogP contribution in [-0.4, -0.2) is 5.91 Å². The van der Waals surface area contributed by atoms with Gasteiger partial charge in [-0.3, -0.25) is 4.79 Å². The highest BCUT2D eigenvalue weighted by atomic mass is 16.5. The van der Waals surface area contributed by atoms with E-state index < -0.39 is 5.91 Å². The molecule has 0 unspecified atom stereocenters. The van der Waals surface area contributed by atoms with Crippen LogP contribution >= 0.6 is 0 Å². The summed E-state index contributed by atoms with van der Waals surface area (Å²) in [6, 6.07) is 6.78. The van der Waals surface area contributed by atoms with E-state index in [0.717, 1.165) is 0 Å². The number of allylic oxidation sites excluding steroid dienone is 2. The number of primary amides is 1. The van der Waals surface area contributed by atoms with Gasteiger partial charge in [-0.1, -0.05) is 24.8 Å². The predicted molar refractivity (Wildman–Crippen MR) is 59.5 cm³/mol. The van der Waals surface area contributed by atoms with Crippen LogP contribution in [0.2, 0.25) is 0 Å². The van der Waals surface area contributed by atoms with Crippen LogP contribution in [0.4, 0.5) is 0 Å². The molecule has 1 aromatic carbocycles. The minimum Gasteiger partial charge on any atom is -0.457 e.